The highest BCUT2D eigenvalue weighted by Gasteiger charge is 2.09. The smallest absolute Gasteiger partial charge is 0.134 e. The van der Waals surface area contributed by atoms with E-state index in [0.717, 1.165) is 50.6 Å². The molecule has 0 aliphatic rings. The Hall–Kier alpha value is -1.32. The van der Waals surface area contributed by atoms with Gasteiger partial charge >= 0.3 is 0 Å². The van der Waals surface area contributed by atoms with Gasteiger partial charge in [0, 0.05) is 18.5 Å². The van der Waals surface area contributed by atoms with E-state index >= 15 is 0 Å². The van der Waals surface area contributed by atoms with E-state index < -0.39 is 0 Å². The number of hydrogen-bond donors (Lipinski definition) is 0. The number of likely N-dealkylation sites (N-methyl/N-ethyl adjacent to an activating group) is 2. The third-order valence-electron chi connectivity index (χ3n) is 3.93. The van der Waals surface area contributed by atoms with E-state index in [1.165, 1.54) is 5.39 Å². The topological polar surface area (TPSA) is 19.6 Å². The molecule has 0 N–H and O–H groups in total. The van der Waals surface area contributed by atoms with Crippen LogP contribution >= 0.6 is 0 Å². The van der Waals surface area contributed by atoms with Crippen LogP contribution in [0.2, 0.25) is 0 Å². The first-order valence-corrected chi connectivity index (χ1v) is 7.69. The number of furan rings is 1. The Balaban J connectivity index is 1.95. The highest BCUT2D eigenvalue weighted by molar-refractivity contribution is 5.77. The largest absolute Gasteiger partial charge is 0.460 e. The predicted molar refractivity (Wildman–Crippen MR) is 85.0 cm³/mol. The van der Waals surface area contributed by atoms with Gasteiger partial charge in [0.25, 0.3) is 0 Å². The van der Waals surface area contributed by atoms with Crippen LogP contribution in [-0.4, -0.2) is 42.5 Å². The molecule has 3 heteroatoms. The maximum absolute atomic E-state index is 5.90. The van der Waals surface area contributed by atoms with Gasteiger partial charge in [0.15, 0.2) is 0 Å². The molecule has 0 fully saturated rings. The lowest BCUT2D eigenvalue weighted by atomic mass is 10.2. The van der Waals surface area contributed by atoms with Crippen molar-refractivity contribution in [3.05, 3.63) is 36.1 Å². The number of benzene rings is 1. The monoisotopic (exact) mass is 274 g/mol. The fourth-order valence-electron chi connectivity index (χ4n) is 2.51. The molecule has 0 atom stereocenters. The van der Waals surface area contributed by atoms with Crippen LogP contribution in [0.25, 0.3) is 11.0 Å². The maximum atomic E-state index is 5.90. The summed E-state index contributed by atoms with van der Waals surface area (Å²) in [5.74, 6) is 1.06. The van der Waals surface area contributed by atoms with E-state index in [0.29, 0.717) is 0 Å². The molecule has 0 saturated carbocycles. The van der Waals surface area contributed by atoms with Crippen LogP contribution in [-0.2, 0) is 6.54 Å². The summed E-state index contributed by atoms with van der Waals surface area (Å²) < 4.78 is 5.90. The summed E-state index contributed by atoms with van der Waals surface area (Å²) in [6.45, 7) is 13.1. The van der Waals surface area contributed by atoms with Gasteiger partial charge in [-0.3, -0.25) is 4.90 Å². The molecule has 0 unspecified atom stereocenters. The van der Waals surface area contributed by atoms with Gasteiger partial charge in [-0.2, -0.15) is 0 Å². The summed E-state index contributed by atoms with van der Waals surface area (Å²) in [5, 5.41) is 1.20. The van der Waals surface area contributed by atoms with E-state index in [1.54, 1.807) is 0 Å². The van der Waals surface area contributed by atoms with Gasteiger partial charge in [-0.15, -0.1) is 0 Å². The summed E-state index contributed by atoms with van der Waals surface area (Å²) in [7, 11) is 0. The van der Waals surface area contributed by atoms with Crippen molar-refractivity contribution >= 4 is 11.0 Å². The molecular weight excluding hydrogens is 248 g/mol. The first-order valence-electron chi connectivity index (χ1n) is 7.69. The molecule has 0 bridgehead atoms. The minimum absolute atomic E-state index is 0.895. The second-order valence-corrected chi connectivity index (χ2v) is 5.15. The van der Waals surface area contributed by atoms with Crippen LogP contribution in [0.5, 0.6) is 0 Å². The summed E-state index contributed by atoms with van der Waals surface area (Å²) in [4.78, 5) is 4.90. The molecule has 1 aromatic heterocycles. The number of nitrogens with zero attached hydrogens (tertiary/aromatic N) is 2. The third-order valence-corrected chi connectivity index (χ3v) is 3.93. The van der Waals surface area contributed by atoms with Crippen LogP contribution in [0.4, 0.5) is 0 Å². The van der Waals surface area contributed by atoms with Crippen molar-refractivity contribution in [3.8, 4) is 0 Å². The van der Waals surface area contributed by atoms with Crippen molar-refractivity contribution in [2.45, 2.75) is 27.3 Å². The van der Waals surface area contributed by atoms with E-state index in [1.807, 2.05) is 12.1 Å². The van der Waals surface area contributed by atoms with Gasteiger partial charge in [0.2, 0.25) is 0 Å². The van der Waals surface area contributed by atoms with E-state index in [-0.39, 0.29) is 0 Å². The maximum Gasteiger partial charge on any atom is 0.134 e. The molecule has 0 radical (unpaired) electrons. The summed E-state index contributed by atoms with van der Waals surface area (Å²) in [6, 6.07) is 10.4. The summed E-state index contributed by atoms with van der Waals surface area (Å²) >= 11 is 0. The Morgan fingerprint density at radius 2 is 1.55 bits per heavy atom. The summed E-state index contributed by atoms with van der Waals surface area (Å²) in [5.41, 5.74) is 0.988. The van der Waals surface area contributed by atoms with E-state index in [2.05, 4.69) is 48.8 Å². The zero-order valence-corrected chi connectivity index (χ0v) is 12.9. The Morgan fingerprint density at radius 1 is 0.900 bits per heavy atom. The second kappa shape index (κ2) is 7.46. The fourth-order valence-corrected chi connectivity index (χ4v) is 2.51. The molecule has 0 aliphatic heterocycles. The highest BCUT2D eigenvalue weighted by Crippen LogP contribution is 2.19. The van der Waals surface area contributed by atoms with Gasteiger partial charge in [-0.1, -0.05) is 39.0 Å². The predicted octanol–water partition coefficient (Wildman–Crippen LogP) is 3.60. The molecule has 20 heavy (non-hydrogen) atoms. The molecule has 2 aromatic rings. The van der Waals surface area contributed by atoms with Crippen molar-refractivity contribution in [2.75, 3.05) is 32.7 Å². The molecular formula is C17H26N2O. The molecule has 3 nitrogen and oxygen atoms in total. The number of fused-ring (bicyclic) bond motifs is 1. The molecule has 0 saturated heterocycles. The number of hydrogen-bond acceptors (Lipinski definition) is 3. The first-order chi connectivity index (χ1) is 9.76. The second-order valence-electron chi connectivity index (χ2n) is 5.15. The Morgan fingerprint density at radius 3 is 2.20 bits per heavy atom. The van der Waals surface area contributed by atoms with Crippen LogP contribution in [0.1, 0.15) is 26.5 Å². The standard InChI is InChI=1S/C17H26N2O/c1-4-18(5-2)11-12-19(6-3)14-16-13-15-9-7-8-10-17(15)20-16/h7-10,13H,4-6,11-12,14H2,1-3H3. The fraction of sp³-hybridized carbons (Fsp3) is 0.529. The zero-order valence-electron chi connectivity index (χ0n) is 12.9. The minimum atomic E-state index is 0.895. The van der Waals surface area contributed by atoms with Crippen LogP contribution in [0, 0.1) is 0 Å². The van der Waals surface area contributed by atoms with Crippen molar-refractivity contribution in [1.29, 1.82) is 0 Å². The van der Waals surface area contributed by atoms with Crippen molar-refractivity contribution in [3.63, 3.8) is 0 Å². The van der Waals surface area contributed by atoms with Crippen molar-refractivity contribution < 1.29 is 4.42 Å². The van der Waals surface area contributed by atoms with Crippen molar-refractivity contribution in [1.82, 2.24) is 9.80 Å². The SMILES string of the molecule is CCN(CC)CCN(CC)Cc1cc2ccccc2o1. The Labute approximate surface area is 122 Å². The molecule has 2 rings (SSSR count). The first kappa shape index (κ1) is 15.1. The van der Waals surface area contributed by atoms with E-state index in [9.17, 15) is 0 Å². The van der Waals surface area contributed by atoms with Crippen LogP contribution in [0.3, 0.4) is 0 Å². The van der Waals surface area contributed by atoms with E-state index in [4.69, 9.17) is 4.42 Å². The lowest BCUT2D eigenvalue weighted by molar-refractivity contribution is 0.206. The normalized spacial score (nSPS) is 11.8. The van der Waals surface area contributed by atoms with Gasteiger partial charge in [-0.05, 0) is 31.8 Å². The van der Waals surface area contributed by atoms with Crippen LogP contribution in [0.15, 0.2) is 34.7 Å². The number of rotatable bonds is 8. The minimum Gasteiger partial charge on any atom is -0.460 e. The molecule has 0 spiro atoms. The Bertz CT molecular complexity index is 483. The highest BCUT2D eigenvalue weighted by atomic mass is 16.3. The molecule has 1 aromatic carbocycles. The molecule has 0 amide bonds. The Kier molecular flexibility index (Phi) is 5.62. The third kappa shape index (κ3) is 3.84. The zero-order chi connectivity index (χ0) is 14.4. The van der Waals surface area contributed by atoms with Crippen molar-refractivity contribution in [2.24, 2.45) is 0 Å². The molecule has 110 valence electrons. The molecule has 0 aliphatic carbocycles. The average molecular weight is 274 g/mol. The van der Waals surface area contributed by atoms with Gasteiger partial charge < -0.3 is 9.32 Å². The van der Waals surface area contributed by atoms with Gasteiger partial charge in [-0.25, -0.2) is 0 Å². The van der Waals surface area contributed by atoms with Gasteiger partial charge in [0.1, 0.15) is 11.3 Å². The average Bonchev–Trinajstić information content (AvgIpc) is 2.89. The molecule has 1 heterocycles. The van der Waals surface area contributed by atoms with Gasteiger partial charge in [0.05, 0.1) is 6.54 Å². The lowest BCUT2D eigenvalue weighted by Gasteiger charge is -2.24. The lowest BCUT2D eigenvalue weighted by Crippen LogP contribution is -2.34. The van der Waals surface area contributed by atoms with Crippen LogP contribution < -0.4 is 0 Å². The quantitative estimate of drug-likeness (QED) is 0.733. The summed E-state index contributed by atoms with van der Waals surface area (Å²) in [6.07, 6.45) is 0. The number of para-hydroxylation sites is 1.